The standard InChI is InChI=1S/C22H28N2O/c1-3-18-9-11-19(12-10-18)16-22(25)23-13-6-14-24-17(2)15-20-7-4-5-8-21(20)24/h4-5,7-12,17H,3,6,13-16H2,1-2H3,(H,23,25)/t17-/m0/s1. The molecule has 1 aliphatic heterocycles. The van der Waals surface area contributed by atoms with E-state index in [0.29, 0.717) is 12.5 Å². The number of hydrogen-bond acceptors (Lipinski definition) is 2. The van der Waals surface area contributed by atoms with Crippen LogP contribution in [0.3, 0.4) is 0 Å². The molecule has 0 aromatic heterocycles. The molecule has 25 heavy (non-hydrogen) atoms. The number of nitrogens with one attached hydrogen (secondary N) is 1. The first kappa shape index (κ1) is 17.5. The molecule has 0 fully saturated rings. The third kappa shape index (κ3) is 4.41. The Morgan fingerprint density at radius 2 is 1.84 bits per heavy atom. The van der Waals surface area contributed by atoms with Crippen LogP contribution in [-0.2, 0) is 24.1 Å². The molecule has 1 N–H and O–H groups in total. The summed E-state index contributed by atoms with van der Waals surface area (Å²) in [6.07, 6.45) is 3.59. The molecule has 0 spiro atoms. The molecule has 0 radical (unpaired) electrons. The van der Waals surface area contributed by atoms with E-state index in [2.05, 4.69) is 72.6 Å². The summed E-state index contributed by atoms with van der Waals surface area (Å²) in [6.45, 7) is 6.14. The molecule has 2 aromatic carbocycles. The minimum atomic E-state index is 0.110. The van der Waals surface area contributed by atoms with Gasteiger partial charge in [-0.05, 0) is 48.9 Å². The quantitative estimate of drug-likeness (QED) is 0.781. The number of carbonyl (C=O) groups excluding carboxylic acids is 1. The molecule has 1 amide bonds. The summed E-state index contributed by atoms with van der Waals surface area (Å²) in [4.78, 5) is 14.6. The van der Waals surface area contributed by atoms with E-state index in [-0.39, 0.29) is 5.91 Å². The van der Waals surface area contributed by atoms with Gasteiger partial charge in [0.25, 0.3) is 0 Å². The number of para-hydroxylation sites is 1. The van der Waals surface area contributed by atoms with Gasteiger partial charge in [0.05, 0.1) is 6.42 Å². The van der Waals surface area contributed by atoms with E-state index >= 15 is 0 Å². The average Bonchev–Trinajstić information content (AvgIpc) is 2.95. The van der Waals surface area contributed by atoms with Crippen LogP contribution >= 0.6 is 0 Å². The first-order chi connectivity index (χ1) is 12.2. The zero-order valence-corrected chi connectivity index (χ0v) is 15.3. The van der Waals surface area contributed by atoms with Gasteiger partial charge in [0.1, 0.15) is 0 Å². The van der Waals surface area contributed by atoms with Crippen molar-refractivity contribution in [2.45, 2.75) is 45.6 Å². The Kier molecular flexibility index (Phi) is 5.75. The zero-order chi connectivity index (χ0) is 17.6. The molecule has 1 aliphatic rings. The summed E-state index contributed by atoms with van der Waals surface area (Å²) in [5.41, 5.74) is 5.19. The van der Waals surface area contributed by atoms with Crippen LogP contribution in [0.1, 0.15) is 37.0 Å². The number of hydrogen-bond donors (Lipinski definition) is 1. The van der Waals surface area contributed by atoms with Crippen LogP contribution in [0.5, 0.6) is 0 Å². The molecule has 1 atom stereocenters. The van der Waals surface area contributed by atoms with Crippen molar-refractivity contribution in [3.8, 4) is 0 Å². The van der Waals surface area contributed by atoms with E-state index in [1.54, 1.807) is 0 Å². The van der Waals surface area contributed by atoms with Crippen LogP contribution in [0.2, 0.25) is 0 Å². The van der Waals surface area contributed by atoms with Crippen LogP contribution in [-0.4, -0.2) is 25.0 Å². The van der Waals surface area contributed by atoms with Crippen molar-refractivity contribution in [1.82, 2.24) is 5.32 Å². The van der Waals surface area contributed by atoms with E-state index in [1.807, 2.05) is 0 Å². The van der Waals surface area contributed by atoms with Crippen molar-refractivity contribution in [2.75, 3.05) is 18.0 Å². The summed E-state index contributed by atoms with van der Waals surface area (Å²) in [5, 5.41) is 3.06. The number of amides is 1. The van der Waals surface area contributed by atoms with Gasteiger partial charge >= 0.3 is 0 Å². The fourth-order valence-corrected chi connectivity index (χ4v) is 3.59. The second-order valence-corrected chi connectivity index (χ2v) is 6.93. The van der Waals surface area contributed by atoms with Gasteiger partial charge in [0.2, 0.25) is 5.91 Å². The Balaban J connectivity index is 1.41. The molecule has 0 saturated carbocycles. The third-order valence-electron chi connectivity index (χ3n) is 5.04. The fourth-order valence-electron chi connectivity index (χ4n) is 3.59. The molecular weight excluding hydrogens is 308 g/mol. The first-order valence-electron chi connectivity index (χ1n) is 9.36. The predicted octanol–water partition coefficient (Wildman–Crippen LogP) is 3.75. The van der Waals surface area contributed by atoms with Crippen LogP contribution < -0.4 is 10.2 Å². The number of benzene rings is 2. The monoisotopic (exact) mass is 336 g/mol. The van der Waals surface area contributed by atoms with Gasteiger partial charge in [-0.2, -0.15) is 0 Å². The van der Waals surface area contributed by atoms with Crippen molar-refractivity contribution in [2.24, 2.45) is 0 Å². The van der Waals surface area contributed by atoms with Crippen LogP contribution in [0.25, 0.3) is 0 Å². The molecule has 0 aliphatic carbocycles. The Morgan fingerprint density at radius 1 is 1.12 bits per heavy atom. The van der Waals surface area contributed by atoms with Gasteiger partial charge in [-0.15, -0.1) is 0 Å². The van der Waals surface area contributed by atoms with E-state index in [1.165, 1.54) is 16.8 Å². The van der Waals surface area contributed by atoms with Crippen LogP contribution in [0.15, 0.2) is 48.5 Å². The molecule has 0 unspecified atom stereocenters. The van der Waals surface area contributed by atoms with Gasteiger partial charge < -0.3 is 10.2 Å². The average molecular weight is 336 g/mol. The summed E-state index contributed by atoms with van der Waals surface area (Å²) in [7, 11) is 0. The SMILES string of the molecule is CCc1ccc(CC(=O)NCCCN2c3ccccc3C[C@@H]2C)cc1. The van der Waals surface area contributed by atoms with Crippen LogP contribution in [0.4, 0.5) is 5.69 Å². The van der Waals surface area contributed by atoms with E-state index < -0.39 is 0 Å². The predicted molar refractivity (Wildman–Crippen MR) is 104 cm³/mol. The number of carbonyl (C=O) groups is 1. The summed E-state index contributed by atoms with van der Waals surface area (Å²) < 4.78 is 0. The maximum Gasteiger partial charge on any atom is 0.224 e. The maximum atomic E-state index is 12.1. The minimum Gasteiger partial charge on any atom is -0.368 e. The largest absolute Gasteiger partial charge is 0.368 e. The molecule has 0 bridgehead atoms. The number of anilines is 1. The Bertz CT molecular complexity index is 708. The molecule has 1 heterocycles. The highest BCUT2D eigenvalue weighted by molar-refractivity contribution is 5.78. The fraction of sp³-hybridized carbons (Fsp3) is 0.409. The number of fused-ring (bicyclic) bond motifs is 1. The Hall–Kier alpha value is -2.29. The molecule has 3 nitrogen and oxygen atoms in total. The van der Waals surface area contributed by atoms with Crippen molar-refractivity contribution < 1.29 is 4.79 Å². The lowest BCUT2D eigenvalue weighted by Gasteiger charge is -2.24. The lowest BCUT2D eigenvalue weighted by Crippen LogP contribution is -2.33. The molecule has 3 heteroatoms. The first-order valence-corrected chi connectivity index (χ1v) is 9.36. The van der Waals surface area contributed by atoms with Crippen molar-refractivity contribution >= 4 is 11.6 Å². The van der Waals surface area contributed by atoms with E-state index in [0.717, 1.165) is 37.9 Å². The van der Waals surface area contributed by atoms with Crippen LogP contribution in [0, 0.1) is 0 Å². The molecule has 132 valence electrons. The normalized spacial score (nSPS) is 15.9. The molecule has 3 rings (SSSR count). The number of nitrogens with zero attached hydrogens (tertiary/aromatic N) is 1. The van der Waals surface area contributed by atoms with E-state index in [9.17, 15) is 4.79 Å². The van der Waals surface area contributed by atoms with Crippen molar-refractivity contribution in [1.29, 1.82) is 0 Å². The third-order valence-corrected chi connectivity index (χ3v) is 5.04. The summed E-state index contributed by atoms with van der Waals surface area (Å²) in [5.74, 6) is 0.110. The Labute approximate surface area is 151 Å². The number of aryl methyl sites for hydroxylation is 1. The van der Waals surface area contributed by atoms with Gasteiger partial charge in [-0.3, -0.25) is 4.79 Å². The topological polar surface area (TPSA) is 32.3 Å². The van der Waals surface area contributed by atoms with Gasteiger partial charge in [0, 0.05) is 24.8 Å². The zero-order valence-electron chi connectivity index (χ0n) is 15.3. The lowest BCUT2D eigenvalue weighted by molar-refractivity contribution is -0.120. The molecular formula is C22H28N2O. The van der Waals surface area contributed by atoms with Crippen molar-refractivity contribution in [3.63, 3.8) is 0 Å². The summed E-state index contributed by atoms with van der Waals surface area (Å²) >= 11 is 0. The van der Waals surface area contributed by atoms with Gasteiger partial charge in [-0.1, -0.05) is 49.4 Å². The lowest BCUT2D eigenvalue weighted by atomic mass is 10.1. The van der Waals surface area contributed by atoms with Crippen molar-refractivity contribution in [3.05, 3.63) is 65.2 Å². The van der Waals surface area contributed by atoms with Gasteiger partial charge in [-0.25, -0.2) is 0 Å². The summed E-state index contributed by atoms with van der Waals surface area (Å²) in [6, 6.07) is 17.5. The highest BCUT2D eigenvalue weighted by Crippen LogP contribution is 2.31. The highest BCUT2D eigenvalue weighted by Gasteiger charge is 2.24. The van der Waals surface area contributed by atoms with Gasteiger partial charge in [0.15, 0.2) is 0 Å². The minimum absolute atomic E-state index is 0.110. The molecule has 2 aromatic rings. The van der Waals surface area contributed by atoms with E-state index in [4.69, 9.17) is 0 Å². The second-order valence-electron chi connectivity index (χ2n) is 6.93. The smallest absolute Gasteiger partial charge is 0.224 e. The number of rotatable bonds is 7. The highest BCUT2D eigenvalue weighted by atomic mass is 16.1. The second kappa shape index (κ2) is 8.19. The maximum absolute atomic E-state index is 12.1. The Morgan fingerprint density at radius 3 is 2.60 bits per heavy atom. The molecule has 0 saturated heterocycles.